The third-order valence-corrected chi connectivity index (χ3v) is 2.91. The smallest absolute Gasteiger partial charge is 0.142 e. The van der Waals surface area contributed by atoms with Gasteiger partial charge in [0, 0.05) is 6.07 Å². The minimum Gasteiger partial charge on any atom is -0.495 e. The van der Waals surface area contributed by atoms with Crippen LogP contribution in [0.25, 0.3) is 0 Å². The molecule has 0 aromatic heterocycles. The van der Waals surface area contributed by atoms with E-state index in [0.717, 1.165) is 18.3 Å². The summed E-state index contributed by atoms with van der Waals surface area (Å²) in [6.07, 6.45) is 3.94. The molecular weight excluding hydrogens is 190 g/mol. The molecule has 1 aromatic carbocycles. The highest BCUT2D eigenvalue weighted by atomic mass is 16.5. The first-order chi connectivity index (χ1) is 7.29. The predicted molar refractivity (Wildman–Crippen MR) is 60.2 cm³/mol. The Morgan fingerprint density at radius 2 is 2.20 bits per heavy atom. The van der Waals surface area contributed by atoms with Crippen molar-refractivity contribution in [1.29, 1.82) is 0 Å². The van der Waals surface area contributed by atoms with E-state index in [1.165, 1.54) is 19.3 Å². The molecule has 0 saturated heterocycles. The molecule has 82 valence electrons. The lowest BCUT2D eigenvalue weighted by molar-refractivity contribution is 0.180. The van der Waals surface area contributed by atoms with Crippen molar-refractivity contribution in [3.05, 3.63) is 18.2 Å². The SMILES string of the molecule is COc1ccc(OCC2CCC2)cc1N. The lowest BCUT2D eigenvalue weighted by atomic mass is 9.86. The van der Waals surface area contributed by atoms with Crippen molar-refractivity contribution in [2.45, 2.75) is 19.3 Å². The Labute approximate surface area is 90.2 Å². The first kappa shape index (κ1) is 10.1. The van der Waals surface area contributed by atoms with Crippen LogP contribution in [0.5, 0.6) is 11.5 Å². The number of anilines is 1. The van der Waals surface area contributed by atoms with Crippen LogP contribution in [0, 0.1) is 5.92 Å². The molecule has 2 rings (SSSR count). The maximum Gasteiger partial charge on any atom is 0.142 e. The molecule has 3 nitrogen and oxygen atoms in total. The van der Waals surface area contributed by atoms with Crippen molar-refractivity contribution in [2.75, 3.05) is 19.5 Å². The zero-order valence-corrected chi connectivity index (χ0v) is 9.03. The molecule has 0 spiro atoms. The molecule has 0 unspecified atom stereocenters. The molecule has 15 heavy (non-hydrogen) atoms. The topological polar surface area (TPSA) is 44.5 Å². The van der Waals surface area contributed by atoms with E-state index < -0.39 is 0 Å². The summed E-state index contributed by atoms with van der Waals surface area (Å²) in [5, 5.41) is 0. The van der Waals surface area contributed by atoms with Crippen LogP contribution in [-0.4, -0.2) is 13.7 Å². The van der Waals surface area contributed by atoms with Gasteiger partial charge < -0.3 is 15.2 Å². The number of benzene rings is 1. The van der Waals surface area contributed by atoms with Crippen molar-refractivity contribution < 1.29 is 9.47 Å². The van der Waals surface area contributed by atoms with Gasteiger partial charge >= 0.3 is 0 Å². The minimum absolute atomic E-state index is 0.628. The summed E-state index contributed by atoms with van der Waals surface area (Å²) in [5.74, 6) is 2.28. The zero-order valence-electron chi connectivity index (χ0n) is 9.03. The van der Waals surface area contributed by atoms with E-state index in [2.05, 4.69) is 0 Å². The lowest BCUT2D eigenvalue weighted by Gasteiger charge is -2.25. The van der Waals surface area contributed by atoms with E-state index in [1.54, 1.807) is 7.11 Å². The second-order valence-corrected chi connectivity index (χ2v) is 4.01. The molecule has 0 heterocycles. The maximum absolute atomic E-state index is 5.78. The van der Waals surface area contributed by atoms with Crippen LogP contribution in [0.1, 0.15) is 19.3 Å². The largest absolute Gasteiger partial charge is 0.495 e. The standard InChI is InChI=1S/C12H17NO2/c1-14-12-6-5-10(7-11(12)13)15-8-9-3-2-4-9/h5-7,9H,2-4,8,13H2,1H3. The van der Waals surface area contributed by atoms with Gasteiger partial charge in [0.25, 0.3) is 0 Å². The number of hydrogen-bond acceptors (Lipinski definition) is 3. The Hall–Kier alpha value is -1.38. The molecular formula is C12H17NO2. The third-order valence-electron chi connectivity index (χ3n) is 2.91. The second kappa shape index (κ2) is 4.43. The lowest BCUT2D eigenvalue weighted by Crippen LogP contribution is -2.19. The molecule has 1 aliphatic carbocycles. The van der Waals surface area contributed by atoms with Gasteiger partial charge in [0.2, 0.25) is 0 Å². The van der Waals surface area contributed by atoms with Crippen LogP contribution in [0.3, 0.4) is 0 Å². The van der Waals surface area contributed by atoms with Gasteiger partial charge in [-0.15, -0.1) is 0 Å². The molecule has 0 atom stereocenters. The monoisotopic (exact) mass is 207 g/mol. The number of methoxy groups -OCH3 is 1. The van der Waals surface area contributed by atoms with Crippen molar-refractivity contribution in [3.8, 4) is 11.5 Å². The Morgan fingerprint density at radius 3 is 2.73 bits per heavy atom. The Balaban J connectivity index is 1.93. The first-order valence-corrected chi connectivity index (χ1v) is 5.36. The molecule has 2 N–H and O–H groups in total. The van der Waals surface area contributed by atoms with Crippen LogP contribution >= 0.6 is 0 Å². The second-order valence-electron chi connectivity index (χ2n) is 4.01. The van der Waals surface area contributed by atoms with Crippen LogP contribution in [0.15, 0.2) is 18.2 Å². The Kier molecular flexibility index (Phi) is 2.99. The molecule has 3 heteroatoms. The molecule has 1 aliphatic rings. The quantitative estimate of drug-likeness (QED) is 0.771. The molecule has 0 radical (unpaired) electrons. The molecule has 1 fully saturated rings. The summed E-state index contributed by atoms with van der Waals surface area (Å²) in [7, 11) is 1.61. The summed E-state index contributed by atoms with van der Waals surface area (Å²) < 4.78 is 10.7. The minimum atomic E-state index is 0.628. The average Bonchev–Trinajstić information content (AvgIpc) is 2.16. The van der Waals surface area contributed by atoms with Crippen molar-refractivity contribution in [3.63, 3.8) is 0 Å². The van der Waals surface area contributed by atoms with Gasteiger partial charge in [-0.1, -0.05) is 6.42 Å². The van der Waals surface area contributed by atoms with E-state index in [1.807, 2.05) is 18.2 Å². The fourth-order valence-electron chi connectivity index (χ4n) is 1.68. The number of hydrogen-bond donors (Lipinski definition) is 1. The van der Waals surface area contributed by atoms with Crippen LogP contribution in [0.4, 0.5) is 5.69 Å². The maximum atomic E-state index is 5.78. The highest BCUT2D eigenvalue weighted by molar-refractivity contribution is 5.56. The summed E-state index contributed by atoms with van der Waals surface area (Å²) in [6.45, 7) is 0.811. The fourth-order valence-corrected chi connectivity index (χ4v) is 1.68. The van der Waals surface area contributed by atoms with Crippen LogP contribution < -0.4 is 15.2 Å². The Bertz CT molecular complexity index is 334. The van der Waals surface area contributed by atoms with Crippen molar-refractivity contribution in [2.24, 2.45) is 5.92 Å². The number of rotatable bonds is 4. The molecule has 0 amide bonds. The van der Waals surface area contributed by atoms with Crippen molar-refractivity contribution in [1.82, 2.24) is 0 Å². The summed E-state index contributed by atoms with van der Waals surface area (Å²) >= 11 is 0. The third kappa shape index (κ3) is 2.35. The van der Waals surface area contributed by atoms with Gasteiger partial charge in [0.05, 0.1) is 19.4 Å². The molecule has 0 aliphatic heterocycles. The fraction of sp³-hybridized carbons (Fsp3) is 0.500. The molecule has 1 saturated carbocycles. The Morgan fingerprint density at radius 1 is 1.40 bits per heavy atom. The highest BCUT2D eigenvalue weighted by Gasteiger charge is 2.17. The van der Waals surface area contributed by atoms with Gasteiger partial charge in [-0.2, -0.15) is 0 Å². The average molecular weight is 207 g/mol. The van der Waals surface area contributed by atoms with E-state index in [4.69, 9.17) is 15.2 Å². The van der Waals surface area contributed by atoms with Gasteiger partial charge in [-0.25, -0.2) is 0 Å². The van der Waals surface area contributed by atoms with Gasteiger partial charge in [-0.3, -0.25) is 0 Å². The van der Waals surface area contributed by atoms with E-state index >= 15 is 0 Å². The van der Waals surface area contributed by atoms with Crippen LogP contribution in [0.2, 0.25) is 0 Å². The van der Waals surface area contributed by atoms with Crippen LogP contribution in [-0.2, 0) is 0 Å². The summed E-state index contributed by atoms with van der Waals surface area (Å²) in [5.41, 5.74) is 6.41. The number of ether oxygens (including phenoxy) is 2. The number of nitrogens with two attached hydrogens (primary N) is 1. The summed E-state index contributed by atoms with van der Waals surface area (Å²) in [4.78, 5) is 0. The van der Waals surface area contributed by atoms with E-state index in [9.17, 15) is 0 Å². The highest BCUT2D eigenvalue weighted by Crippen LogP contribution is 2.29. The molecule has 1 aromatic rings. The van der Waals surface area contributed by atoms with E-state index in [-0.39, 0.29) is 0 Å². The van der Waals surface area contributed by atoms with Gasteiger partial charge in [-0.05, 0) is 30.9 Å². The summed E-state index contributed by atoms with van der Waals surface area (Å²) in [6, 6.07) is 5.55. The number of nitrogen functional groups attached to an aromatic ring is 1. The van der Waals surface area contributed by atoms with E-state index in [0.29, 0.717) is 11.4 Å². The first-order valence-electron chi connectivity index (χ1n) is 5.36. The van der Waals surface area contributed by atoms with Gasteiger partial charge in [0.1, 0.15) is 11.5 Å². The van der Waals surface area contributed by atoms with Gasteiger partial charge in [0.15, 0.2) is 0 Å². The molecule has 0 bridgehead atoms. The van der Waals surface area contributed by atoms with Crippen molar-refractivity contribution >= 4 is 5.69 Å². The zero-order chi connectivity index (χ0) is 10.7. The normalized spacial score (nSPS) is 15.8. The predicted octanol–water partition coefficient (Wildman–Crippen LogP) is 2.46.